The van der Waals surface area contributed by atoms with Gasteiger partial charge in [-0.1, -0.05) is 24.3 Å². The molecule has 1 aliphatic heterocycles. The standard InChI is InChI=1S/C14H13NO2/c16-13-9-12(15-7-3-4-8-15)10-5-1-2-6-11(10)14(13)17/h1-2,5-6,9H,3-4,7-8H2. The Morgan fingerprint density at radius 2 is 1.59 bits per heavy atom. The molecule has 86 valence electrons. The lowest BCUT2D eigenvalue weighted by Gasteiger charge is -2.25. The topological polar surface area (TPSA) is 37.4 Å². The molecule has 0 unspecified atom stereocenters. The number of allylic oxidation sites excluding steroid dienone is 1. The highest BCUT2D eigenvalue weighted by atomic mass is 16.2. The van der Waals surface area contributed by atoms with Crippen LogP contribution in [0.2, 0.25) is 0 Å². The molecule has 0 amide bonds. The van der Waals surface area contributed by atoms with E-state index in [0.29, 0.717) is 5.56 Å². The number of benzene rings is 1. The third-order valence-corrected chi connectivity index (χ3v) is 3.39. The number of nitrogens with zero attached hydrogens (tertiary/aromatic N) is 1. The summed E-state index contributed by atoms with van der Waals surface area (Å²) in [5.41, 5.74) is 2.36. The smallest absolute Gasteiger partial charge is 0.233 e. The van der Waals surface area contributed by atoms with Crippen molar-refractivity contribution in [3.8, 4) is 0 Å². The third kappa shape index (κ3) is 1.58. The van der Waals surface area contributed by atoms with Gasteiger partial charge in [0.25, 0.3) is 0 Å². The summed E-state index contributed by atoms with van der Waals surface area (Å²) in [4.78, 5) is 25.6. The van der Waals surface area contributed by atoms with Crippen molar-refractivity contribution in [3.05, 3.63) is 41.5 Å². The Bertz CT molecular complexity index is 525. The van der Waals surface area contributed by atoms with Gasteiger partial charge in [-0.15, -0.1) is 0 Å². The molecule has 1 saturated heterocycles. The van der Waals surface area contributed by atoms with Crippen molar-refractivity contribution in [2.75, 3.05) is 13.1 Å². The van der Waals surface area contributed by atoms with Gasteiger partial charge in [-0.3, -0.25) is 9.59 Å². The molecular weight excluding hydrogens is 214 g/mol. The van der Waals surface area contributed by atoms with Gasteiger partial charge < -0.3 is 4.90 Å². The highest BCUT2D eigenvalue weighted by Gasteiger charge is 2.28. The zero-order valence-electron chi connectivity index (χ0n) is 9.48. The van der Waals surface area contributed by atoms with Crippen molar-refractivity contribution >= 4 is 17.3 Å². The lowest BCUT2D eigenvalue weighted by Crippen LogP contribution is -2.26. The summed E-state index contributed by atoms with van der Waals surface area (Å²) in [7, 11) is 0. The second-order valence-electron chi connectivity index (χ2n) is 4.46. The zero-order valence-corrected chi connectivity index (χ0v) is 9.48. The van der Waals surface area contributed by atoms with Crippen molar-refractivity contribution in [1.29, 1.82) is 0 Å². The average Bonchev–Trinajstić information content (AvgIpc) is 2.87. The van der Waals surface area contributed by atoms with E-state index in [1.54, 1.807) is 12.1 Å². The SMILES string of the molecule is O=C1C=C(N2CCCC2)c2ccccc2C1=O. The number of carbonyl (C=O) groups excluding carboxylic acids is 2. The largest absolute Gasteiger partial charge is 0.371 e. The number of ketones is 2. The van der Waals surface area contributed by atoms with Crippen LogP contribution in [0.1, 0.15) is 28.8 Å². The molecule has 1 aromatic carbocycles. The maximum atomic E-state index is 11.8. The van der Waals surface area contributed by atoms with Crippen LogP contribution in [-0.2, 0) is 4.79 Å². The molecule has 0 bridgehead atoms. The number of carbonyl (C=O) groups is 2. The van der Waals surface area contributed by atoms with E-state index in [-0.39, 0.29) is 5.78 Å². The number of Topliss-reactive ketones (excluding diaryl/α,β-unsaturated/α-hetero) is 1. The van der Waals surface area contributed by atoms with Crippen molar-refractivity contribution < 1.29 is 9.59 Å². The highest BCUT2D eigenvalue weighted by molar-refractivity contribution is 6.50. The Hall–Kier alpha value is -1.90. The van der Waals surface area contributed by atoms with Crippen LogP contribution in [0.25, 0.3) is 5.70 Å². The fourth-order valence-electron chi connectivity index (χ4n) is 2.52. The molecule has 1 aromatic rings. The van der Waals surface area contributed by atoms with Gasteiger partial charge in [-0.05, 0) is 12.8 Å². The molecule has 0 aromatic heterocycles. The van der Waals surface area contributed by atoms with E-state index in [1.807, 2.05) is 12.1 Å². The van der Waals surface area contributed by atoms with Crippen molar-refractivity contribution in [2.24, 2.45) is 0 Å². The van der Waals surface area contributed by atoms with Crippen LogP contribution in [0, 0.1) is 0 Å². The highest BCUT2D eigenvalue weighted by Crippen LogP contribution is 2.30. The molecule has 0 atom stereocenters. The lowest BCUT2D eigenvalue weighted by atomic mass is 9.92. The maximum absolute atomic E-state index is 11.8. The quantitative estimate of drug-likeness (QED) is 0.687. The first-order valence-electron chi connectivity index (χ1n) is 5.92. The van der Waals surface area contributed by atoms with E-state index in [4.69, 9.17) is 0 Å². The van der Waals surface area contributed by atoms with Gasteiger partial charge >= 0.3 is 0 Å². The minimum Gasteiger partial charge on any atom is -0.371 e. The molecule has 0 saturated carbocycles. The van der Waals surface area contributed by atoms with Crippen molar-refractivity contribution in [2.45, 2.75) is 12.8 Å². The van der Waals surface area contributed by atoms with Crippen LogP contribution < -0.4 is 0 Å². The second-order valence-corrected chi connectivity index (χ2v) is 4.46. The number of likely N-dealkylation sites (tertiary alicyclic amines) is 1. The fraction of sp³-hybridized carbons (Fsp3) is 0.286. The normalized spacial score (nSPS) is 19.3. The first-order chi connectivity index (χ1) is 8.27. The number of hydrogen-bond acceptors (Lipinski definition) is 3. The molecule has 0 spiro atoms. The minimum atomic E-state index is -0.398. The fourth-order valence-corrected chi connectivity index (χ4v) is 2.52. The van der Waals surface area contributed by atoms with Crippen LogP contribution in [0.5, 0.6) is 0 Å². The molecule has 3 heteroatoms. The molecular formula is C14H13NO2. The Kier molecular flexibility index (Phi) is 2.32. The molecule has 2 aliphatic rings. The molecule has 0 N–H and O–H groups in total. The van der Waals surface area contributed by atoms with E-state index in [1.165, 1.54) is 6.08 Å². The Morgan fingerprint density at radius 1 is 0.941 bits per heavy atom. The monoisotopic (exact) mass is 227 g/mol. The van der Waals surface area contributed by atoms with E-state index >= 15 is 0 Å². The summed E-state index contributed by atoms with van der Waals surface area (Å²) < 4.78 is 0. The van der Waals surface area contributed by atoms with Crippen molar-refractivity contribution in [1.82, 2.24) is 4.90 Å². The van der Waals surface area contributed by atoms with Gasteiger partial charge in [0.15, 0.2) is 0 Å². The van der Waals surface area contributed by atoms with Gasteiger partial charge in [0.2, 0.25) is 11.6 Å². The van der Waals surface area contributed by atoms with E-state index in [2.05, 4.69) is 4.90 Å². The third-order valence-electron chi connectivity index (χ3n) is 3.39. The summed E-state index contributed by atoms with van der Waals surface area (Å²) in [6.45, 7) is 1.95. The first kappa shape index (κ1) is 10.3. The molecule has 1 fully saturated rings. The molecule has 3 rings (SSSR count). The predicted octanol–water partition coefficient (Wildman–Crippen LogP) is 1.89. The maximum Gasteiger partial charge on any atom is 0.233 e. The van der Waals surface area contributed by atoms with Crippen LogP contribution in [0.15, 0.2) is 30.3 Å². The summed E-state index contributed by atoms with van der Waals surface area (Å²) in [6.07, 6.45) is 3.80. The molecule has 0 radical (unpaired) electrons. The van der Waals surface area contributed by atoms with Gasteiger partial charge in [-0.25, -0.2) is 0 Å². The Labute approximate surface area is 99.7 Å². The molecule has 17 heavy (non-hydrogen) atoms. The van der Waals surface area contributed by atoms with Gasteiger partial charge in [0, 0.05) is 36.0 Å². The minimum absolute atomic E-state index is 0.386. The van der Waals surface area contributed by atoms with Gasteiger partial charge in [-0.2, -0.15) is 0 Å². The zero-order chi connectivity index (χ0) is 11.8. The molecule has 3 nitrogen and oxygen atoms in total. The van der Waals surface area contributed by atoms with Crippen LogP contribution in [0.3, 0.4) is 0 Å². The molecule has 1 heterocycles. The van der Waals surface area contributed by atoms with Gasteiger partial charge in [0.05, 0.1) is 0 Å². The van der Waals surface area contributed by atoms with Crippen LogP contribution in [0.4, 0.5) is 0 Å². The second kappa shape index (κ2) is 3.84. The molecule has 1 aliphatic carbocycles. The van der Waals surface area contributed by atoms with Crippen LogP contribution >= 0.6 is 0 Å². The van der Waals surface area contributed by atoms with Gasteiger partial charge in [0.1, 0.15) is 0 Å². The Morgan fingerprint density at radius 3 is 2.29 bits per heavy atom. The summed E-state index contributed by atoms with van der Waals surface area (Å²) in [5.74, 6) is -0.783. The van der Waals surface area contributed by atoms with E-state index in [9.17, 15) is 9.59 Å². The van der Waals surface area contributed by atoms with Crippen molar-refractivity contribution in [3.63, 3.8) is 0 Å². The van der Waals surface area contributed by atoms with E-state index < -0.39 is 5.78 Å². The Balaban J connectivity index is 2.12. The number of rotatable bonds is 1. The lowest BCUT2D eigenvalue weighted by molar-refractivity contribution is -0.111. The number of hydrogen-bond donors (Lipinski definition) is 0. The first-order valence-corrected chi connectivity index (χ1v) is 5.92. The predicted molar refractivity (Wildman–Crippen MR) is 64.6 cm³/mol. The average molecular weight is 227 g/mol. The van der Waals surface area contributed by atoms with Crippen LogP contribution in [-0.4, -0.2) is 29.6 Å². The summed E-state index contributed by atoms with van der Waals surface area (Å²) >= 11 is 0. The summed E-state index contributed by atoms with van der Waals surface area (Å²) in [5, 5.41) is 0. The van der Waals surface area contributed by atoms with E-state index in [0.717, 1.165) is 37.2 Å². The summed E-state index contributed by atoms with van der Waals surface area (Å²) in [6, 6.07) is 7.37. The number of fused-ring (bicyclic) bond motifs is 1.